The summed E-state index contributed by atoms with van der Waals surface area (Å²) in [6.45, 7) is 0.567. The van der Waals surface area contributed by atoms with Gasteiger partial charge in [-0.05, 0) is 34.0 Å². The van der Waals surface area contributed by atoms with Crippen LogP contribution in [-0.2, 0) is 6.42 Å². The molecular formula is C15H13BrN4O2. The zero-order valence-electron chi connectivity index (χ0n) is 11.5. The van der Waals surface area contributed by atoms with Crippen LogP contribution in [0.3, 0.4) is 0 Å². The number of nitrogens with zero attached hydrogens (tertiary/aromatic N) is 2. The second kappa shape index (κ2) is 6.15. The number of pyridine rings is 1. The van der Waals surface area contributed by atoms with Crippen molar-refractivity contribution in [3.63, 3.8) is 0 Å². The van der Waals surface area contributed by atoms with Crippen LogP contribution in [0.4, 0.5) is 11.5 Å². The molecule has 0 radical (unpaired) electrons. The summed E-state index contributed by atoms with van der Waals surface area (Å²) in [6.07, 6.45) is 4.26. The fourth-order valence-electron chi connectivity index (χ4n) is 2.36. The Labute approximate surface area is 134 Å². The molecule has 0 atom stereocenters. The van der Waals surface area contributed by atoms with E-state index in [1.165, 1.54) is 17.0 Å². The molecule has 0 spiro atoms. The maximum atomic E-state index is 11.0. The van der Waals surface area contributed by atoms with Crippen molar-refractivity contribution in [3.05, 3.63) is 62.9 Å². The Morgan fingerprint density at radius 1 is 1.36 bits per heavy atom. The lowest BCUT2D eigenvalue weighted by molar-refractivity contribution is -0.384. The standard InChI is InChI=1S/C15H13BrN4O2/c16-11-7-14(20(21)22)15(19-9-11)17-6-5-10-8-18-13-4-2-1-3-12(10)13/h1-4,7-9,18H,5-6H2,(H,17,19). The zero-order chi connectivity index (χ0) is 15.5. The van der Waals surface area contributed by atoms with Crippen LogP contribution in [0.5, 0.6) is 0 Å². The van der Waals surface area contributed by atoms with E-state index in [0.29, 0.717) is 11.0 Å². The first-order valence-corrected chi connectivity index (χ1v) is 7.53. The number of aromatic amines is 1. The summed E-state index contributed by atoms with van der Waals surface area (Å²) in [4.78, 5) is 17.9. The molecule has 0 saturated heterocycles. The molecule has 2 aromatic heterocycles. The van der Waals surface area contributed by atoms with Gasteiger partial charge in [-0.1, -0.05) is 18.2 Å². The van der Waals surface area contributed by atoms with Crippen molar-refractivity contribution in [2.24, 2.45) is 0 Å². The number of aromatic nitrogens is 2. The Morgan fingerprint density at radius 2 is 2.18 bits per heavy atom. The third-order valence-electron chi connectivity index (χ3n) is 3.39. The minimum atomic E-state index is -0.439. The fourth-order valence-corrected chi connectivity index (χ4v) is 2.68. The first-order chi connectivity index (χ1) is 10.6. The number of H-pyrrole nitrogens is 1. The van der Waals surface area contributed by atoms with Gasteiger partial charge in [-0.25, -0.2) is 4.98 Å². The Kier molecular flexibility index (Phi) is 4.06. The molecule has 0 aliphatic rings. The lowest BCUT2D eigenvalue weighted by Gasteiger charge is -2.06. The van der Waals surface area contributed by atoms with Crippen LogP contribution < -0.4 is 5.32 Å². The first-order valence-electron chi connectivity index (χ1n) is 6.74. The molecule has 3 aromatic rings. The topological polar surface area (TPSA) is 83.8 Å². The largest absolute Gasteiger partial charge is 0.364 e. The molecule has 0 saturated carbocycles. The van der Waals surface area contributed by atoms with E-state index in [1.54, 1.807) is 6.20 Å². The number of nitrogens with one attached hydrogen (secondary N) is 2. The number of benzene rings is 1. The lowest BCUT2D eigenvalue weighted by atomic mass is 10.1. The van der Waals surface area contributed by atoms with E-state index in [1.807, 2.05) is 24.4 Å². The lowest BCUT2D eigenvalue weighted by Crippen LogP contribution is -2.08. The van der Waals surface area contributed by atoms with Gasteiger partial charge >= 0.3 is 5.69 Å². The summed E-state index contributed by atoms with van der Waals surface area (Å²) in [5, 5.41) is 15.2. The molecule has 0 amide bonds. The summed E-state index contributed by atoms with van der Waals surface area (Å²) in [5.74, 6) is 0.285. The van der Waals surface area contributed by atoms with Crippen LogP contribution in [0.25, 0.3) is 10.9 Å². The molecule has 112 valence electrons. The average molecular weight is 361 g/mol. The molecule has 0 aliphatic carbocycles. The van der Waals surface area contributed by atoms with Crippen molar-refractivity contribution < 1.29 is 4.92 Å². The number of fused-ring (bicyclic) bond motifs is 1. The van der Waals surface area contributed by atoms with Crippen LogP contribution in [-0.4, -0.2) is 21.4 Å². The van der Waals surface area contributed by atoms with Crippen LogP contribution in [0.15, 0.2) is 47.2 Å². The van der Waals surface area contributed by atoms with Crippen molar-refractivity contribution in [2.75, 3.05) is 11.9 Å². The van der Waals surface area contributed by atoms with Crippen molar-refractivity contribution in [2.45, 2.75) is 6.42 Å². The van der Waals surface area contributed by atoms with Gasteiger partial charge in [-0.2, -0.15) is 0 Å². The molecule has 22 heavy (non-hydrogen) atoms. The summed E-state index contributed by atoms with van der Waals surface area (Å²) in [5.41, 5.74) is 2.22. The second-order valence-corrected chi connectivity index (χ2v) is 5.73. The third kappa shape index (κ3) is 2.94. The molecule has 0 bridgehead atoms. The summed E-state index contributed by atoms with van der Waals surface area (Å²) < 4.78 is 0.585. The van der Waals surface area contributed by atoms with Gasteiger partial charge in [-0.3, -0.25) is 10.1 Å². The molecule has 2 heterocycles. The van der Waals surface area contributed by atoms with E-state index in [0.717, 1.165) is 11.9 Å². The van der Waals surface area contributed by atoms with Crippen molar-refractivity contribution in [1.29, 1.82) is 0 Å². The molecule has 2 N–H and O–H groups in total. The number of anilines is 1. The molecule has 6 nitrogen and oxygen atoms in total. The molecule has 0 unspecified atom stereocenters. The van der Waals surface area contributed by atoms with Crippen LogP contribution in [0.1, 0.15) is 5.56 Å². The van der Waals surface area contributed by atoms with E-state index in [-0.39, 0.29) is 11.5 Å². The molecule has 7 heteroatoms. The summed E-state index contributed by atoms with van der Waals surface area (Å²) in [6, 6.07) is 9.50. The third-order valence-corrected chi connectivity index (χ3v) is 3.83. The van der Waals surface area contributed by atoms with Gasteiger partial charge < -0.3 is 10.3 Å². The van der Waals surface area contributed by atoms with Crippen molar-refractivity contribution in [1.82, 2.24) is 9.97 Å². The number of hydrogen-bond donors (Lipinski definition) is 2. The fraction of sp³-hybridized carbons (Fsp3) is 0.133. The highest BCUT2D eigenvalue weighted by molar-refractivity contribution is 9.10. The summed E-state index contributed by atoms with van der Waals surface area (Å²) >= 11 is 3.19. The minimum absolute atomic E-state index is 0.0340. The van der Waals surface area contributed by atoms with Gasteiger partial charge in [0.05, 0.1) is 4.92 Å². The highest BCUT2D eigenvalue weighted by Gasteiger charge is 2.15. The highest BCUT2D eigenvalue weighted by Crippen LogP contribution is 2.25. The van der Waals surface area contributed by atoms with Gasteiger partial charge in [0.2, 0.25) is 5.82 Å². The van der Waals surface area contributed by atoms with E-state index >= 15 is 0 Å². The predicted octanol–water partition coefficient (Wildman–Crippen LogP) is 3.89. The van der Waals surface area contributed by atoms with Gasteiger partial charge in [0.1, 0.15) is 0 Å². The molecule has 0 fully saturated rings. The van der Waals surface area contributed by atoms with Crippen molar-refractivity contribution >= 4 is 38.3 Å². The van der Waals surface area contributed by atoms with Crippen LogP contribution in [0.2, 0.25) is 0 Å². The maximum absolute atomic E-state index is 11.0. The van der Waals surface area contributed by atoms with Crippen LogP contribution in [0, 0.1) is 10.1 Å². The van der Waals surface area contributed by atoms with Gasteiger partial charge in [-0.15, -0.1) is 0 Å². The first kappa shape index (κ1) is 14.5. The Bertz CT molecular complexity index is 831. The molecule has 0 aliphatic heterocycles. The number of halogens is 1. The quantitative estimate of drug-likeness (QED) is 0.533. The number of rotatable bonds is 5. The zero-order valence-corrected chi connectivity index (χ0v) is 13.1. The van der Waals surface area contributed by atoms with E-state index in [2.05, 4.69) is 37.3 Å². The van der Waals surface area contributed by atoms with Crippen molar-refractivity contribution in [3.8, 4) is 0 Å². The molecule has 1 aromatic carbocycles. The Morgan fingerprint density at radius 3 is 3.00 bits per heavy atom. The highest BCUT2D eigenvalue weighted by atomic mass is 79.9. The van der Waals surface area contributed by atoms with E-state index in [9.17, 15) is 10.1 Å². The van der Waals surface area contributed by atoms with E-state index in [4.69, 9.17) is 0 Å². The van der Waals surface area contributed by atoms with Gasteiger partial charge in [0, 0.05) is 40.4 Å². The Hall–Kier alpha value is -2.41. The normalized spacial score (nSPS) is 10.8. The maximum Gasteiger partial charge on any atom is 0.312 e. The monoisotopic (exact) mass is 360 g/mol. The SMILES string of the molecule is O=[N+]([O-])c1cc(Br)cnc1NCCc1c[nH]c2ccccc12. The van der Waals surface area contributed by atoms with Gasteiger partial charge in [0.25, 0.3) is 0 Å². The number of para-hydroxylation sites is 1. The predicted molar refractivity (Wildman–Crippen MR) is 89.1 cm³/mol. The number of hydrogen-bond acceptors (Lipinski definition) is 4. The molecule has 3 rings (SSSR count). The van der Waals surface area contributed by atoms with Crippen LogP contribution >= 0.6 is 15.9 Å². The molecular weight excluding hydrogens is 348 g/mol. The second-order valence-electron chi connectivity index (χ2n) is 4.81. The van der Waals surface area contributed by atoms with Gasteiger partial charge in [0.15, 0.2) is 0 Å². The minimum Gasteiger partial charge on any atom is -0.364 e. The Balaban J connectivity index is 1.72. The smallest absolute Gasteiger partial charge is 0.312 e. The number of nitro groups is 1. The van der Waals surface area contributed by atoms with E-state index < -0.39 is 4.92 Å². The summed E-state index contributed by atoms with van der Waals surface area (Å²) in [7, 11) is 0. The average Bonchev–Trinajstić information content (AvgIpc) is 2.92.